The van der Waals surface area contributed by atoms with Crippen LogP contribution in [0.4, 0.5) is 0 Å². The summed E-state index contributed by atoms with van der Waals surface area (Å²) in [7, 11) is 0. The molecule has 2 heteroatoms. The molecular formula is C19H29LiS. The molecule has 0 nitrogen and oxygen atoms in total. The van der Waals surface area contributed by atoms with Crippen molar-refractivity contribution in [2.45, 2.75) is 70.1 Å². The molecule has 0 spiro atoms. The van der Waals surface area contributed by atoms with Gasteiger partial charge in [-0.15, -0.1) is 6.92 Å². The van der Waals surface area contributed by atoms with Gasteiger partial charge in [-0.3, -0.25) is 0 Å². The molecule has 21 heavy (non-hydrogen) atoms. The molecular weight excluding hydrogens is 267 g/mol. The second-order valence-corrected chi connectivity index (χ2v) is 6.43. The Morgan fingerprint density at radius 2 is 1.62 bits per heavy atom. The van der Waals surface area contributed by atoms with Gasteiger partial charge in [-0.2, -0.15) is 17.5 Å². The smallest absolute Gasteiger partial charge is 0.219 e. The summed E-state index contributed by atoms with van der Waals surface area (Å²) < 4.78 is 0. The minimum atomic E-state index is 0. The van der Waals surface area contributed by atoms with E-state index in [0.29, 0.717) is 0 Å². The average molecular weight is 296 g/mol. The van der Waals surface area contributed by atoms with Crippen LogP contribution in [-0.2, 0) is 0 Å². The number of benzene rings is 1. The maximum Gasteiger partial charge on any atom is 1.00 e. The molecule has 0 aromatic heterocycles. The second-order valence-electron chi connectivity index (χ2n) is 5.45. The van der Waals surface area contributed by atoms with Gasteiger partial charge >= 0.3 is 18.9 Å². The van der Waals surface area contributed by atoms with E-state index in [-0.39, 0.29) is 18.9 Å². The Kier molecular flexibility index (Phi) is 14.5. The third kappa shape index (κ3) is 12.0. The topological polar surface area (TPSA) is 0 Å². The summed E-state index contributed by atoms with van der Waals surface area (Å²) in [5.41, 5.74) is 1.50. The van der Waals surface area contributed by atoms with E-state index in [0.717, 1.165) is 0 Å². The zero-order valence-electron chi connectivity index (χ0n) is 14.1. The van der Waals surface area contributed by atoms with Crippen LogP contribution >= 0.6 is 11.8 Å². The van der Waals surface area contributed by atoms with Crippen molar-refractivity contribution in [1.29, 1.82) is 0 Å². The SMILES string of the molecule is CCCCCCCCC/C(C)=C/[CH-]Sc1ccccc1.[Li+]. The zero-order chi connectivity index (χ0) is 14.5. The molecule has 112 valence electrons. The van der Waals surface area contributed by atoms with E-state index in [1.807, 2.05) is 0 Å². The van der Waals surface area contributed by atoms with Gasteiger partial charge in [0.1, 0.15) is 0 Å². The first-order valence-corrected chi connectivity index (χ1v) is 8.91. The molecule has 0 N–H and O–H groups in total. The molecule has 0 aliphatic heterocycles. The molecule has 0 saturated carbocycles. The van der Waals surface area contributed by atoms with Crippen molar-refractivity contribution in [3.8, 4) is 0 Å². The fourth-order valence-corrected chi connectivity index (χ4v) is 2.94. The number of hydrogen-bond acceptors (Lipinski definition) is 1. The van der Waals surface area contributed by atoms with Crippen molar-refractivity contribution in [1.82, 2.24) is 0 Å². The number of hydrogen-bond donors (Lipinski definition) is 0. The summed E-state index contributed by atoms with van der Waals surface area (Å²) in [6.07, 6.45) is 13.3. The Bertz CT molecular complexity index is 359. The standard InChI is InChI=1S/C19H29S.Li/c1-3-4-5-6-7-8-10-13-18(2)16-17-20-19-14-11-9-12-15-19;/h9,11-12,14-17H,3-8,10,13H2,1-2H3;/q-1;+1/b18-16+;. The Morgan fingerprint density at radius 1 is 1.00 bits per heavy atom. The summed E-state index contributed by atoms with van der Waals surface area (Å²) in [6, 6.07) is 10.5. The summed E-state index contributed by atoms with van der Waals surface area (Å²) in [4.78, 5) is 1.31. The van der Waals surface area contributed by atoms with Crippen molar-refractivity contribution in [2.75, 3.05) is 0 Å². The van der Waals surface area contributed by atoms with E-state index in [2.05, 4.69) is 56.0 Å². The third-order valence-corrected chi connectivity index (χ3v) is 4.29. The van der Waals surface area contributed by atoms with E-state index in [1.165, 1.54) is 61.8 Å². The maximum absolute atomic E-state index is 2.28. The molecule has 1 aromatic carbocycles. The fourth-order valence-electron chi connectivity index (χ4n) is 2.17. The van der Waals surface area contributed by atoms with E-state index in [4.69, 9.17) is 0 Å². The largest absolute Gasteiger partial charge is 1.00 e. The van der Waals surface area contributed by atoms with Gasteiger partial charge in [0.15, 0.2) is 0 Å². The van der Waals surface area contributed by atoms with Gasteiger partial charge in [-0.1, -0.05) is 76.5 Å². The normalized spacial score (nSPS) is 11.0. The zero-order valence-corrected chi connectivity index (χ0v) is 14.9. The van der Waals surface area contributed by atoms with Gasteiger partial charge in [0, 0.05) is 0 Å². The molecule has 0 aliphatic rings. The maximum atomic E-state index is 2.28. The van der Waals surface area contributed by atoms with E-state index in [9.17, 15) is 0 Å². The quantitative estimate of drug-likeness (QED) is 0.257. The molecule has 0 bridgehead atoms. The molecule has 0 aliphatic carbocycles. The summed E-state index contributed by atoms with van der Waals surface area (Å²) in [5.74, 6) is 2.21. The molecule has 1 rings (SSSR count). The number of unbranched alkanes of at least 4 members (excludes halogenated alkanes) is 6. The molecule has 0 atom stereocenters. The first kappa shape index (κ1) is 20.8. The van der Waals surface area contributed by atoms with Crippen molar-refractivity contribution < 1.29 is 18.9 Å². The Labute approximate surface area is 148 Å². The van der Waals surface area contributed by atoms with Crippen LogP contribution in [0.25, 0.3) is 0 Å². The molecule has 1 aromatic rings. The second kappa shape index (κ2) is 14.7. The van der Waals surface area contributed by atoms with E-state index < -0.39 is 0 Å². The van der Waals surface area contributed by atoms with Crippen LogP contribution in [0.1, 0.15) is 65.2 Å². The first-order valence-electron chi connectivity index (χ1n) is 8.03. The number of thioether (sulfide) groups is 1. The van der Waals surface area contributed by atoms with Crippen molar-refractivity contribution in [2.24, 2.45) is 0 Å². The van der Waals surface area contributed by atoms with Crippen LogP contribution < -0.4 is 18.9 Å². The Balaban J connectivity index is 0.00000400. The van der Waals surface area contributed by atoms with E-state index in [1.54, 1.807) is 11.8 Å². The van der Waals surface area contributed by atoms with Gasteiger partial charge in [0.2, 0.25) is 0 Å². The summed E-state index contributed by atoms with van der Waals surface area (Å²) in [5, 5.41) is 0. The molecule has 0 radical (unpaired) electrons. The van der Waals surface area contributed by atoms with Crippen molar-refractivity contribution >= 4 is 11.8 Å². The van der Waals surface area contributed by atoms with Gasteiger partial charge in [0.05, 0.1) is 0 Å². The first-order chi connectivity index (χ1) is 9.83. The molecule has 0 unspecified atom stereocenters. The van der Waals surface area contributed by atoms with Crippen LogP contribution in [0.15, 0.2) is 46.9 Å². The van der Waals surface area contributed by atoms with Crippen LogP contribution in [0, 0.1) is 5.75 Å². The Hall–Kier alpha value is -0.223. The summed E-state index contributed by atoms with van der Waals surface area (Å²) >= 11 is 1.80. The predicted octanol–water partition coefficient (Wildman–Crippen LogP) is 4.03. The molecule has 0 amide bonds. The average Bonchev–Trinajstić information content (AvgIpc) is 2.47. The minimum absolute atomic E-state index is 0. The van der Waals surface area contributed by atoms with Gasteiger partial charge in [-0.05, 0) is 17.0 Å². The predicted molar refractivity (Wildman–Crippen MR) is 93.0 cm³/mol. The number of allylic oxidation sites excluding steroid dienone is 1. The van der Waals surface area contributed by atoms with Crippen LogP contribution in [-0.4, -0.2) is 0 Å². The van der Waals surface area contributed by atoms with Gasteiger partial charge in [0.25, 0.3) is 0 Å². The van der Waals surface area contributed by atoms with Crippen LogP contribution in [0.5, 0.6) is 0 Å². The third-order valence-electron chi connectivity index (χ3n) is 3.47. The van der Waals surface area contributed by atoms with Crippen LogP contribution in [0.2, 0.25) is 0 Å². The molecule has 0 heterocycles. The van der Waals surface area contributed by atoms with Gasteiger partial charge < -0.3 is 0 Å². The van der Waals surface area contributed by atoms with Crippen molar-refractivity contribution in [3.05, 3.63) is 47.7 Å². The fraction of sp³-hybridized carbons (Fsp3) is 0.526. The molecule has 0 saturated heterocycles. The Morgan fingerprint density at radius 3 is 2.29 bits per heavy atom. The molecule has 0 fully saturated rings. The van der Waals surface area contributed by atoms with Gasteiger partial charge in [-0.25, -0.2) is 11.6 Å². The van der Waals surface area contributed by atoms with Crippen molar-refractivity contribution in [3.63, 3.8) is 0 Å². The summed E-state index contributed by atoms with van der Waals surface area (Å²) in [6.45, 7) is 4.53. The monoisotopic (exact) mass is 296 g/mol. The minimum Gasteiger partial charge on any atom is -0.219 e. The van der Waals surface area contributed by atoms with Crippen LogP contribution in [0.3, 0.4) is 0 Å². The van der Waals surface area contributed by atoms with E-state index >= 15 is 0 Å². The number of rotatable bonds is 11.